The van der Waals surface area contributed by atoms with E-state index in [-0.39, 0.29) is 12.5 Å². The lowest BCUT2D eigenvalue weighted by molar-refractivity contribution is -0.132. The Bertz CT molecular complexity index is 1420. The third-order valence-corrected chi connectivity index (χ3v) is 6.38. The number of amides is 3. The highest BCUT2D eigenvalue weighted by Gasteiger charge is 2.38. The van der Waals surface area contributed by atoms with Crippen molar-refractivity contribution in [1.82, 2.24) is 24.1 Å². The molecule has 2 aromatic carbocycles. The van der Waals surface area contributed by atoms with Gasteiger partial charge in [0.05, 0.1) is 35.6 Å². The van der Waals surface area contributed by atoms with Crippen LogP contribution in [-0.2, 0) is 17.9 Å². The van der Waals surface area contributed by atoms with Crippen molar-refractivity contribution in [2.24, 2.45) is 0 Å². The fraction of sp³-hybridized carbons (Fsp3) is 0.154. The van der Waals surface area contributed by atoms with E-state index in [9.17, 15) is 14.4 Å². The summed E-state index contributed by atoms with van der Waals surface area (Å²) in [5, 5.41) is 4.83. The van der Waals surface area contributed by atoms with Crippen LogP contribution in [0.4, 0.5) is 0 Å². The Morgan fingerprint density at radius 2 is 1.53 bits per heavy atom. The number of carbonyl (C=O) groups is 3. The van der Waals surface area contributed by atoms with E-state index < -0.39 is 11.8 Å². The summed E-state index contributed by atoms with van der Waals surface area (Å²) < 4.78 is 3.89. The maximum Gasteiger partial charge on any atom is 0.262 e. The standard InChI is InChI=1S/C26H21N5O3/c1-17-8-10-18(11-9-17)31-24(28-12-4-5-13-28)21-14-29(15-22(21)27-31)23(32)16-30-25(33)19-6-2-3-7-20(19)26(30)34/h2-13H,14-16H2,1H3. The number of rotatable bonds is 4. The van der Waals surface area contributed by atoms with Gasteiger partial charge in [-0.25, -0.2) is 4.68 Å². The Morgan fingerprint density at radius 3 is 2.18 bits per heavy atom. The van der Waals surface area contributed by atoms with Gasteiger partial charge in [-0.3, -0.25) is 19.3 Å². The molecular formula is C26H21N5O3. The van der Waals surface area contributed by atoms with Crippen LogP contribution in [0.25, 0.3) is 11.5 Å². The van der Waals surface area contributed by atoms with E-state index in [1.165, 1.54) is 0 Å². The molecule has 0 spiro atoms. The first kappa shape index (κ1) is 20.2. The molecule has 0 saturated carbocycles. The van der Waals surface area contributed by atoms with Gasteiger partial charge in [0.2, 0.25) is 5.91 Å². The van der Waals surface area contributed by atoms with Crippen LogP contribution < -0.4 is 0 Å². The Morgan fingerprint density at radius 1 is 0.882 bits per heavy atom. The number of aryl methyl sites for hydroxylation is 1. The van der Waals surface area contributed by atoms with Crippen LogP contribution in [0.1, 0.15) is 37.5 Å². The van der Waals surface area contributed by atoms with E-state index in [4.69, 9.17) is 5.10 Å². The summed E-state index contributed by atoms with van der Waals surface area (Å²) in [6.07, 6.45) is 3.90. The lowest BCUT2D eigenvalue weighted by Gasteiger charge is -2.20. The second kappa shape index (κ2) is 7.55. The van der Waals surface area contributed by atoms with Gasteiger partial charge in [-0.05, 0) is 43.3 Å². The third kappa shape index (κ3) is 3.07. The van der Waals surface area contributed by atoms with Gasteiger partial charge in [0.15, 0.2) is 0 Å². The summed E-state index contributed by atoms with van der Waals surface area (Å²) in [6, 6.07) is 18.7. The molecule has 34 heavy (non-hydrogen) atoms. The summed E-state index contributed by atoms with van der Waals surface area (Å²) in [5.41, 5.74) is 4.54. The molecule has 0 radical (unpaired) electrons. The van der Waals surface area contributed by atoms with Gasteiger partial charge in [0.25, 0.3) is 11.8 Å². The van der Waals surface area contributed by atoms with Crippen molar-refractivity contribution in [3.63, 3.8) is 0 Å². The highest BCUT2D eigenvalue weighted by molar-refractivity contribution is 6.22. The minimum Gasteiger partial charge on any atom is -0.331 e. The molecular weight excluding hydrogens is 430 g/mol. The number of fused-ring (bicyclic) bond motifs is 2. The molecule has 2 aliphatic rings. The van der Waals surface area contributed by atoms with E-state index in [0.717, 1.165) is 33.2 Å². The molecule has 3 amide bonds. The molecule has 168 valence electrons. The first-order chi connectivity index (χ1) is 16.5. The van der Waals surface area contributed by atoms with Crippen LogP contribution in [0.5, 0.6) is 0 Å². The molecule has 0 fully saturated rings. The van der Waals surface area contributed by atoms with Gasteiger partial charge < -0.3 is 9.47 Å². The second-order valence-corrected chi connectivity index (χ2v) is 8.58. The maximum atomic E-state index is 13.1. The zero-order chi connectivity index (χ0) is 23.4. The molecule has 0 aliphatic carbocycles. The first-order valence-electron chi connectivity index (χ1n) is 11.1. The van der Waals surface area contributed by atoms with Gasteiger partial charge in [-0.2, -0.15) is 5.10 Å². The van der Waals surface area contributed by atoms with Crippen LogP contribution in [0.15, 0.2) is 73.1 Å². The van der Waals surface area contributed by atoms with Gasteiger partial charge in [-0.1, -0.05) is 29.8 Å². The van der Waals surface area contributed by atoms with Crippen molar-refractivity contribution < 1.29 is 14.4 Å². The quantitative estimate of drug-likeness (QED) is 0.447. The average molecular weight is 451 g/mol. The Kier molecular flexibility index (Phi) is 4.48. The van der Waals surface area contributed by atoms with Crippen molar-refractivity contribution in [2.45, 2.75) is 20.0 Å². The molecule has 0 atom stereocenters. The Hall–Kier alpha value is -4.46. The fourth-order valence-corrected chi connectivity index (χ4v) is 4.60. The van der Waals surface area contributed by atoms with Crippen molar-refractivity contribution in [3.8, 4) is 11.5 Å². The molecule has 8 heteroatoms. The number of benzene rings is 2. The molecule has 6 rings (SSSR count). The number of carbonyl (C=O) groups excluding carboxylic acids is 3. The SMILES string of the molecule is Cc1ccc(-n2nc3c(c2-n2cccc2)CN(C(=O)CN2C(=O)c4ccccc4C2=O)C3)cc1. The average Bonchev–Trinajstić information content (AvgIpc) is 3.61. The predicted octanol–water partition coefficient (Wildman–Crippen LogP) is 3.11. The smallest absolute Gasteiger partial charge is 0.262 e. The summed E-state index contributed by atoms with van der Waals surface area (Å²) >= 11 is 0. The van der Waals surface area contributed by atoms with Crippen LogP contribution >= 0.6 is 0 Å². The van der Waals surface area contributed by atoms with Crippen molar-refractivity contribution >= 4 is 17.7 Å². The van der Waals surface area contributed by atoms with Crippen LogP contribution in [0.2, 0.25) is 0 Å². The lowest BCUT2D eigenvalue weighted by Crippen LogP contribution is -2.41. The largest absolute Gasteiger partial charge is 0.331 e. The molecule has 2 aliphatic heterocycles. The summed E-state index contributed by atoms with van der Waals surface area (Å²) in [7, 11) is 0. The van der Waals surface area contributed by atoms with E-state index in [1.54, 1.807) is 29.2 Å². The molecule has 0 bridgehead atoms. The number of imide groups is 1. The normalized spacial score (nSPS) is 14.6. The van der Waals surface area contributed by atoms with E-state index in [1.807, 2.05) is 65.0 Å². The molecule has 4 aromatic rings. The number of hydrogen-bond donors (Lipinski definition) is 0. The molecule has 0 unspecified atom stereocenters. The van der Waals surface area contributed by atoms with Crippen LogP contribution in [-0.4, -0.2) is 48.4 Å². The Labute approximate surface area is 195 Å². The fourth-order valence-electron chi connectivity index (χ4n) is 4.60. The topological polar surface area (TPSA) is 80.4 Å². The predicted molar refractivity (Wildman–Crippen MR) is 124 cm³/mol. The first-order valence-corrected chi connectivity index (χ1v) is 11.1. The zero-order valence-electron chi connectivity index (χ0n) is 18.5. The van der Waals surface area contributed by atoms with Gasteiger partial charge in [0.1, 0.15) is 12.4 Å². The number of hydrogen-bond acceptors (Lipinski definition) is 4. The molecule has 0 N–H and O–H groups in total. The monoisotopic (exact) mass is 451 g/mol. The second-order valence-electron chi connectivity index (χ2n) is 8.58. The van der Waals surface area contributed by atoms with Crippen LogP contribution in [0.3, 0.4) is 0 Å². The lowest BCUT2D eigenvalue weighted by atomic mass is 10.1. The molecule has 4 heterocycles. The highest BCUT2D eigenvalue weighted by atomic mass is 16.2. The van der Waals surface area contributed by atoms with Gasteiger partial charge in [0, 0.05) is 18.0 Å². The minimum absolute atomic E-state index is 0.284. The zero-order valence-corrected chi connectivity index (χ0v) is 18.5. The van der Waals surface area contributed by atoms with Gasteiger partial charge in [-0.15, -0.1) is 0 Å². The van der Waals surface area contributed by atoms with Crippen molar-refractivity contribution in [1.29, 1.82) is 0 Å². The third-order valence-electron chi connectivity index (χ3n) is 6.38. The van der Waals surface area contributed by atoms with Crippen molar-refractivity contribution in [3.05, 3.63) is 101 Å². The molecule has 0 saturated heterocycles. The highest BCUT2D eigenvalue weighted by Crippen LogP contribution is 2.31. The molecule has 8 nitrogen and oxygen atoms in total. The summed E-state index contributed by atoms with van der Waals surface area (Å²) in [6.45, 7) is 2.44. The summed E-state index contributed by atoms with van der Waals surface area (Å²) in [4.78, 5) is 41.2. The van der Waals surface area contributed by atoms with Crippen LogP contribution in [0, 0.1) is 6.92 Å². The Balaban J connectivity index is 1.28. The minimum atomic E-state index is -0.427. The van der Waals surface area contributed by atoms with E-state index >= 15 is 0 Å². The maximum absolute atomic E-state index is 13.1. The van der Waals surface area contributed by atoms with E-state index in [2.05, 4.69) is 0 Å². The number of aromatic nitrogens is 3. The van der Waals surface area contributed by atoms with E-state index in [0.29, 0.717) is 24.2 Å². The van der Waals surface area contributed by atoms with Crippen molar-refractivity contribution in [2.75, 3.05) is 6.54 Å². The number of nitrogens with zero attached hydrogens (tertiary/aromatic N) is 5. The van der Waals surface area contributed by atoms with Gasteiger partial charge >= 0.3 is 0 Å². The molecule has 2 aromatic heterocycles. The summed E-state index contributed by atoms with van der Waals surface area (Å²) in [5.74, 6) is -0.264.